The van der Waals surface area contributed by atoms with Crippen LogP contribution in [0.3, 0.4) is 0 Å². The molecule has 29 heavy (non-hydrogen) atoms. The van der Waals surface area contributed by atoms with Gasteiger partial charge in [0, 0.05) is 31.7 Å². The van der Waals surface area contributed by atoms with Crippen LogP contribution in [-0.2, 0) is 20.3 Å². The molecule has 2 amide bonds. The molecule has 8 heteroatoms. The lowest BCUT2D eigenvalue weighted by molar-refractivity contribution is 0.0757. The van der Waals surface area contributed by atoms with Gasteiger partial charge in [-0.2, -0.15) is 0 Å². The van der Waals surface area contributed by atoms with Crippen LogP contribution in [0.4, 0.5) is 4.79 Å². The van der Waals surface area contributed by atoms with Crippen molar-refractivity contribution in [2.24, 2.45) is 0 Å². The van der Waals surface area contributed by atoms with Crippen molar-refractivity contribution in [2.45, 2.75) is 17.1 Å². The van der Waals surface area contributed by atoms with Gasteiger partial charge in [0.25, 0.3) is 5.91 Å². The second kappa shape index (κ2) is 9.09. The summed E-state index contributed by atoms with van der Waals surface area (Å²) < 4.78 is 29.7. The van der Waals surface area contributed by atoms with E-state index >= 15 is 0 Å². The zero-order chi connectivity index (χ0) is 20.9. The van der Waals surface area contributed by atoms with Gasteiger partial charge in [-0.05, 0) is 36.2 Å². The van der Waals surface area contributed by atoms with Crippen LogP contribution < -0.4 is 0 Å². The summed E-state index contributed by atoms with van der Waals surface area (Å²) in [6.07, 6.45) is 0.289. The lowest BCUT2D eigenvalue weighted by Crippen LogP contribution is -2.37. The number of amides is 2. The molecular formula is C21H24N2O5S. The molecule has 0 N–H and O–H groups in total. The number of carbonyl (C=O) groups excluding carboxylic acids is 2. The second-order valence-corrected chi connectivity index (χ2v) is 8.86. The van der Waals surface area contributed by atoms with Crippen molar-refractivity contribution < 1.29 is 22.7 Å². The van der Waals surface area contributed by atoms with Crippen molar-refractivity contribution in [1.82, 2.24) is 9.80 Å². The van der Waals surface area contributed by atoms with Crippen molar-refractivity contribution in [3.63, 3.8) is 0 Å². The second-order valence-electron chi connectivity index (χ2n) is 6.87. The lowest BCUT2D eigenvalue weighted by Gasteiger charge is -2.21. The number of sulfone groups is 1. The normalized spacial score (nSPS) is 14.9. The van der Waals surface area contributed by atoms with Crippen LogP contribution in [0.5, 0.6) is 0 Å². The Morgan fingerprint density at radius 1 is 0.897 bits per heavy atom. The average molecular weight is 416 g/mol. The first-order chi connectivity index (χ1) is 13.9. The van der Waals surface area contributed by atoms with Crippen LogP contribution in [0, 0.1) is 0 Å². The quantitative estimate of drug-likeness (QED) is 0.765. The molecule has 2 aromatic carbocycles. The first kappa shape index (κ1) is 20.9. The van der Waals surface area contributed by atoms with Crippen LogP contribution in [0.15, 0.2) is 59.5 Å². The number of methoxy groups -OCH3 is 1. The maximum absolute atomic E-state index is 12.8. The van der Waals surface area contributed by atoms with E-state index in [1.54, 1.807) is 64.4 Å². The summed E-state index contributed by atoms with van der Waals surface area (Å²) in [6, 6.07) is 15.0. The summed E-state index contributed by atoms with van der Waals surface area (Å²) in [7, 11) is -2.09. The predicted octanol–water partition coefficient (Wildman–Crippen LogP) is 2.57. The van der Waals surface area contributed by atoms with Crippen LogP contribution in [0.1, 0.15) is 22.3 Å². The Balaban J connectivity index is 1.65. The van der Waals surface area contributed by atoms with Gasteiger partial charge in [0.1, 0.15) is 0 Å². The Hall–Kier alpha value is -2.87. The molecule has 2 aromatic rings. The topological polar surface area (TPSA) is 84.0 Å². The molecule has 3 rings (SSSR count). The summed E-state index contributed by atoms with van der Waals surface area (Å²) in [6.45, 7) is 1.95. The van der Waals surface area contributed by atoms with E-state index < -0.39 is 9.84 Å². The van der Waals surface area contributed by atoms with Crippen LogP contribution in [-0.4, -0.2) is 63.5 Å². The Morgan fingerprint density at radius 2 is 1.52 bits per heavy atom. The van der Waals surface area contributed by atoms with Crippen LogP contribution in [0.2, 0.25) is 0 Å². The number of ether oxygens (including phenoxy) is 1. The molecule has 0 unspecified atom stereocenters. The predicted molar refractivity (Wildman–Crippen MR) is 108 cm³/mol. The fraction of sp³-hybridized carbons (Fsp3) is 0.333. The smallest absolute Gasteiger partial charge is 0.409 e. The highest BCUT2D eigenvalue weighted by molar-refractivity contribution is 7.90. The van der Waals surface area contributed by atoms with E-state index in [9.17, 15) is 18.0 Å². The monoisotopic (exact) mass is 416 g/mol. The maximum Gasteiger partial charge on any atom is 0.409 e. The summed E-state index contributed by atoms with van der Waals surface area (Å²) in [4.78, 5) is 28.0. The maximum atomic E-state index is 12.8. The zero-order valence-corrected chi connectivity index (χ0v) is 17.1. The highest BCUT2D eigenvalue weighted by atomic mass is 32.2. The Kier molecular flexibility index (Phi) is 6.53. The standard InChI is InChI=1S/C21H24N2O5S/c1-28-21(25)23-13-5-12-22(14-15-23)20(24)18-10-8-17(9-11-18)16-29(26,27)19-6-3-2-4-7-19/h2-4,6-11H,5,12-16H2,1H3. The van der Waals surface area contributed by atoms with Gasteiger partial charge in [0.05, 0.1) is 17.8 Å². The van der Waals surface area contributed by atoms with Gasteiger partial charge in [0.15, 0.2) is 9.84 Å². The third-order valence-electron chi connectivity index (χ3n) is 4.88. The molecular weight excluding hydrogens is 392 g/mol. The van der Waals surface area contributed by atoms with Gasteiger partial charge in [-0.25, -0.2) is 13.2 Å². The minimum absolute atomic E-state index is 0.122. The summed E-state index contributed by atoms with van der Waals surface area (Å²) in [5.74, 6) is -0.252. The first-order valence-electron chi connectivity index (χ1n) is 9.39. The van der Waals surface area contributed by atoms with Gasteiger partial charge in [-0.1, -0.05) is 30.3 Å². The Labute approximate surface area is 170 Å². The summed E-state index contributed by atoms with van der Waals surface area (Å²) in [5.41, 5.74) is 1.12. The van der Waals surface area contributed by atoms with Crippen molar-refractivity contribution in [1.29, 1.82) is 0 Å². The number of hydrogen-bond acceptors (Lipinski definition) is 5. The van der Waals surface area contributed by atoms with Crippen LogP contribution >= 0.6 is 0 Å². The largest absolute Gasteiger partial charge is 0.453 e. The fourth-order valence-electron chi connectivity index (χ4n) is 3.29. The van der Waals surface area contributed by atoms with E-state index in [2.05, 4.69) is 0 Å². The number of benzene rings is 2. The molecule has 0 saturated carbocycles. The molecule has 0 spiro atoms. The van der Waals surface area contributed by atoms with E-state index in [4.69, 9.17) is 4.74 Å². The third-order valence-corrected chi connectivity index (χ3v) is 6.58. The first-order valence-corrected chi connectivity index (χ1v) is 11.0. The number of carbonyl (C=O) groups is 2. The molecule has 7 nitrogen and oxygen atoms in total. The third kappa shape index (κ3) is 5.14. The van der Waals surface area contributed by atoms with E-state index in [0.717, 1.165) is 0 Å². The van der Waals surface area contributed by atoms with Gasteiger partial charge >= 0.3 is 6.09 Å². The highest BCUT2D eigenvalue weighted by Crippen LogP contribution is 2.17. The molecule has 1 heterocycles. The number of nitrogens with zero attached hydrogens (tertiary/aromatic N) is 2. The molecule has 1 aliphatic rings. The van der Waals surface area contributed by atoms with Gasteiger partial charge in [-0.15, -0.1) is 0 Å². The zero-order valence-electron chi connectivity index (χ0n) is 16.3. The molecule has 0 bridgehead atoms. The molecule has 1 fully saturated rings. The highest BCUT2D eigenvalue weighted by Gasteiger charge is 2.23. The minimum Gasteiger partial charge on any atom is -0.453 e. The van der Waals surface area contributed by atoms with E-state index in [0.29, 0.717) is 43.7 Å². The molecule has 1 aliphatic heterocycles. The molecule has 0 aliphatic carbocycles. The molecule has 1 saturated heterocycles. The lowest BCUT2D eigenvalue weighted by atomic mass is 10.1. The van der Waals surface area contributed by atoms with Crippen molar-refractivity contribution >= 4 is 21.8 Å². The van der Waals surface area contributed by atoms with Gasteiger partial charge in [-0.3, -0.25) is 4.79 Å². The fourth-order valence-corrected chi connectivity index (χ4v) is 4.66. The van der Waals surface area contributed by atoms with Crippen molar-refractivity contribution in [3.8, 4) is 0 Å². The molecule has 0 atom stereocenters. The molecule has 154 valence electrons. The Morgan fingerprint density at radius 3 is 2.17 bits per heavy atom. The minimum atomic E-state index is -3.43. The van der Waals surface area contributed by atoms with Gasteiger partial charge in [0.2, 0.25) is 0 Å². The van der Waals surface area contributed by atoms with E-state index in [-0.39, 0.29) is 22.6 Å². The van der Waals surface area contributed by atoms with Crippen molar-refractivity contribution in [3.05, 3.63) is 65.7 Å². The summed E-state index contributed by atoms with van der Waals surface area (Å²) in [5, 5.41) is 0. The van der Waals surface area contributed by atoms with E-state index in [1.807, 2.05) is 0 Å². The SMILES string of the molecule is COC(=O)N1CCCN(C(=O)c2ccc(CS(=O)(=O)c3ccccc3)cc2)CC1. The molecule has 0 aromatic heterocycles. The Bertz CT molecular complexity index is 958. The molecule has 0 radical (unpaired) electrons. The summed E-state index contributed by atoms with van der Waals surface area (Å²) >= 11 is 0. The van der Waals surface area contributed by atoms with E-state index in [1.165, 1.54) is 7.11 Å². The van der Waals surface area contributed by atoms with Gasteiger partial charge < -0.3 is 14.5 Å². The number of rotatable bonds is 4. The number of hydrogen-bond donors (Lipinski definition) is 0. The average Bonchev–Trinajstić information content (AvgIpc) is 3.00. The van der Waals surface area contributed by atoms with Crippen molar-refractivity contribution in [2.75, 3.05) is 33.3 Å². The van der Waals surface area contributed by atoms with Crippen LogP contribution in [0.25, 0.3) is 0 Å².